The van der Waals surface area contributed by atoms with E-state index >= 15 is 0 Å². The number of aromatic nitrogens is 1. The Bertz CT molecular complexity index is 626. The van der Waals surface area contributed by atoms with Crippen LogP contribution in [0.25, 0.3) is 11.3 Å². The Morgan fingerprint density at radius 2 is 1.80 bits per heavy atom. The molecule has 0 saturated heterocycles. The zero-order valence-corrected chi connectivity index (χ0v) is 14.1. The van der Waals surface area contributed by atoms with Gasteiger partial charge < -0.3 is 15.6 Å². The quantitative estimate of drug-likeness (QED) is 0.702. The number of carboxylic acids is 1. The second kappa shape index (κ2) is 6.54. The minimum atomic E-state index is -4.43. The second-order valence-electron chi connectivity index (χ2n) is 3.64. The molecular weight excluding hydrogens is 320 g/mol. The molecule has 0 atom stereocenters. The predicted octanol–water partition coefficient (Wildman–Crippen LogP) is -1.22. The van der Waals surface area contributed by atoms with Crippen molar-refractivity contribution in [3.05, 3.63) is 34.7 Å². The molecule has 0 radical (unpaired) electrons. The average molecular weight is 326 g/mol. The molecule has 2 rings (SSSR count). The molecule has 0 aliphatic carbocycles. The summed E-state index contributed by atoms with van der Waals surface area (Å²) in [4.78, 5) is 10.4. The first-order chi connectivity index (χ1) is 8.80. The first kappa shape index (κ1) is 17.6. The number of aromatic carboxylic acids is 1. The van der Waals surface area contributed by atoms with Gasteiger partial charge in [-0.15, -0.1) is 0 Å². The normalized spacial score (nSPS) is 10.9. The van der Waals surface area contributed by atoms with Crippen LogP contribution in [0.4, 0.5) is 18.9 Å². The summed E-state index contributed by atoms with van der Waals surface area (Å²) in [6, 6.07) is 4.14. The van der Waals surface area contributed by atoms with Crippen molar-refractivity contribution in [3.8, 4) is 11.3 Å². The summed E-state index contributed by atoms with van der Waals surface area (Å²) in [6.07, 6.45) is -4.43. The van der Waals surface area contributed by atoms with Crippen LogP contribution in [0.5, 0.6) is 0 Å². The zero-order valence-electron chi connectivity index (χ0n) is 10.2. The molecule has 1 aromatic heterocycles. The molecule has 0 bridgehead atoms. The van der Waals surface area contributed by atoms with Crippen LogP contribution < -0.4 is 62.2 Å². The minimum Gasteiger partial charge on any atom is -0.544 e. The van der Waals surface area contributed by atoms with Crippen LogP contribution in [0.1, 0.15) is 15.2 Å². The molecular formula is C11H6F3KN2O2S. The van der Waals surface area contributed by atoms with Gasteiger partial charge in [-0.05, 0) is 23.7 Å². The fourth-order valence-electron chi connectivity index (χ4n) is 1.47. The molecule has 0 spiro atoms. The summed E-state index contributed by atoms with van der Waals surface area (Å²) in [5.41, 5.74) is 5.11. The number of nitrogens with two attached hydrogens (primary N) is 1. The number of nitrogen functional groups attached to an aromatic ring is 1. The molecule has 2 aromatic rings. The molecule has 0 aliphatic heterocycles. The van der Waals surface area contributed by atoms with Gasteiger partial charge in [0.1, 0.15) is 5.69 Å². The maximum atomic E-state index is 12.4. The Morgan fingerprint density at radius 1 is 1.25 bits per heavy atom. The van der Waals surface area contributed by atoms with Crippen LogP contribution >= 0.6 is 11.5 Å². The van der Waals surface area contributed by atoms with E-state index in [1.807, 2.05) is 0 Å². The van der Waals surface area contributed by atoms with Gasteiger partial charge in [0.15, 0.2) is 0 Å². The standard InChI is InChI=1S/C11H7F3N2O2S.K/c12-11(13,14)6-3-1-5(2-4-6)8-7(15)9(10(17)18)19-16-8;/h1-4H,15H2,(H,17,18);/q;+1/p-1. The van der Waals surface area contributed by atoms with Crippen molar-refractivity contribution in [2.24, 2.45) is 0 Å². The number of nitrogens with zero attached hydrogens (tertiary/aromatic N) is 1. The fourth-order valence-corrected chi connectivity index (χ4v) is 2.13. The Morgan fingerprint density at radius 3 is 2.20 bits per heavy atom. The summed E-state index contributed by atoms with van der Waals surface area (Å²) in [6.45, 7) is 0. The van der Waals surface area contributed by atoms with Gasteiger partial charge >= 0.3 is 57.6 Å². The second-order valence-corrected chi connectivity index (χ2v) is 4.41. The van der Waals surface area contributed by atoms with Crippen molar-refractivity contribution in [1.29, 1.82) is 0 Å². The molecule has 0 aliphatic rings. The minimum absolute atomic E-state index is 0. The fraction of sp³-hybridized carbons (Fsp3) is 0.0909. The van der Waals surface area contributed by atoms with Crippen LogP contribution in [0.15, 0.2) is 24.3 Å². The van der Waals surface area contributed by atoms with Gasteiger partial charge in [-0.1, -0.05) is 12.1 Å². The van der Waals surface area contributed by atoms with Gasteiger partial charge in [-0.2, -0.15) is 17.5 Å². The van der Waals surface area contributed by atoms with Crippen LogP contribution in [-0.4, -0.2) is 10.3 Å². The third kappa shape index (κ3) is 3.60. The number of benzene rings is 1. The van der Waals surface area contributed by atoms with Crippen molar-refractivity contribution in [3.63, 3.8) is 0 Å². The molecule has 0 saturated carbocycles. The molecule has 4 nitrogen and oxygen atoms in total. The summed E-state index contributed by atoms with van der Waals surface area (Å²) < 4.78 is 41.0. The number of hydrogen-bond acceptors (Lipinski definition) is 5. The summed E-state index contributed by atoms with van der Waals surface area (Å²) in [5.74, 6) is -1.46. The van der Waals surface area contributed by atoms with E-state index in [4.69, 9.17) is 5.73 Å². The molecule has 1 aromatic carbocycles. The Balaban J connectivity index is 0.00000200. The zero-order chi connectivity index (χ0) is 14.2. The topological polar surface area (TPSA) is 79.0 Å². The first-order valence-corrected chi connectivity index (χ1v) is 5.72. The van der Waals surface area contributed by atoms with E-state index in [0.29, 0.717) is 17.1 Å². The maximum absolute atomic E-state index is 12.4. The third-order valence-corrected chi connectivity index (χ3v) is 3.24. The predicted molar refractivity (Wildman–Crippen MR) is 61.3 cm³/mol. The Kier molecular flexibility index (Phi) is 5.76. The van der Waals surface area contributed by atoms with Gasteiger partial charge in [-0.25, -0.2) is 0 Å². The van der Waals surface area contributed by atoms with Gasteiger partial charge in [-0.3, -0.25) is 0 Å². The van der Waals surface area contributed by atoms with Crippen molar-refractivity contribution in [2.45, 2.75) is 6.18 Å². The van der Waals surface area contributed by atoms with Crippen molar-refractivity contribution in [2.75, 3.05) is 5.73 Å². The number of carbonyl (C=O) groups excluding carboxylic acids is 1. The molecule has 0 amide bonds. The van der Waals surface area contributed by atoms with Crippen LogP contribution in [0.3, 0.4) is 0 Å². The number of hydrogen-bond donors (Lipinski definition) is 1. The van der Waals surface area contributed by atoms with Gasteiger partial charge in [0.25, 0.3) is 0 Å². The van der Waals surface area contributed by atoms with Gasteiger partial charge in [0.2, 0.25) is 0 Å². The molecule has 20 heavy (non-hydrogen) atoms. The Hall–Kier alpha value is -0.454. The van der Waals surface area contributed by atoms with E-state index < -0.39 is 17.7 Å². The van der Waals surface area contributed by atoms with Crippen molar-refractivity contribution < 1.29 is 74.5 Å². The smallest absolute Gasteiger partial charge is 0.544 e. The summed E-state index contributed by atoms with van der Waals surface area (Å²) in [5, 5.41) is 10.7. The van der Waals surface area contributed by atoms with E-state index in [0.717, 1.165) is 12.1 Å². The van der Waals surface area contributed by atoms with Crippen molar-refractivity contribution in [1.82, 2.24) is 4.37 Å². The summed E-state index contributed by atoms with van der Waals surface area (Å²) >= 11 is 0.630. The number of anilines is 1. The van der Waals surface area contributed by atoms with Gasteiger partial charge in [0.05, 0.1) is 22.1 Å². The molecule has 0 fully saturated rings. The maximum Gasteiger partial charge on any atom is 1.00 e. The SMILES string of the molecule is Nc1c(-c2ccc(C(F)(F)F)cc2)nsc1C(=O)[O-].[K+]. The largest absolute Gasteiger partial charge is 1.00 e. The van der Waals surface area contributed by atoms with Crippen molar-refractivity contribution >= 4 is 23.2 Å². The molecule has 100 valence electrons. The number of alkyl halides is 3. The Labute approximate surface area is 158 Å². The van der Waals surface area contributed by atoms with E-state index in [2.05, 4.69) is 4.37 Å². The van der Waals surface area contributed by atoms with E-state index in [9.17, 15) is 23.1 Å². The van der Waals surface area contributed by atoms with Crippen LogP contribution in [-0.2, 0) is 6.18 Å². The van der Waals surface area contributed by atoms with Crippen LogP contribution in [0.2, 0.25) is 0 Å². The van der Waals surface area contributed by atoms with Crippen LogP contribution in [0, 0.1) is 0 Å². The average Bonchev–Trinajstić information content (AvgIpc) is 2.70. The molecule has 0 unspecified atom stereocenters. The monoisotopic (exact) mass is 326 g/mol. The molecule has 1 heterocycles. The number of carboxylic acid groups (broad SMARTS) is 1. The molecule has 2 N–H and O–H groups in total. The van der Waals surface area contributed by atoms with E-state index in [1.54, 1.807) is 0 Å². The third-order valence-electron chi connectivity index (χ3n) is 2.40. The number of halogens is 3. The van der Waals surface area contributed by atoms with Gasteiger partial charge in [0, 0.05) is 5.56 Å². The van der Waals surface area contributed by atoms with E-state index in [1.165, 1.54) is 12.1 Å². The first-order valence-electron chi connectivity index (χ1n) is 4.95. The van der Waals surface area contributed by atoms with E-state index in [-0.39, 0.29) is 67.6 Å². The molecule has 9 heteroatoms. The summed E-state index contributed by atoms with van der Waals surface area (Å²) in [7, 11) is 0. The number of carbonyl (C=O) groups is 1. The number of rotatable bonds is 2.